The third-order valence-corrected chi connectivity index (χ3v) is 4.70. The average molecular weight is 373 g/mol. The second kappa shape index (κ2) is 5.87. The van der Waals surface area contributed by atoms with Crippen molar-refractivity contribution in [2.24, 2.45) is 0 Å². The summed E-state index contributed by atoms with van der Waals surface area (Å²) in [5, 5.41) is 0.332. The van der Waals surface area contributed by atoms with Crippen LogP contribution in [0.5, 0.6) is 0 Å². The van der Waals surface area contributed by atoms with Crippen molar-refractivity contribution in [2.45, 2.75) is 20.4 Å². The first-order valence-corrected chi connectivity index (χ1v) is 8.18. The van der Waals surface area contributed by atoms with Crippen molar-refractivity contribution in [2.75, 3.05) is 5.73 Å². The van der Waals surface area contributed by atoms with Crippen LogP contribution in [0.15, 0.2) is 33.8 Å². The Bertz CT molecular complexity index is 1290. The maximum atomic E-state index is 15.0. The first-order chi connectivity index (χ1) is 12.8. The van der Waals surface area contributed by atoms with Gasteiger partial charge < -0.3 is 14.7 Å². The van der Waals surface area contributed by atoms with Crippen LogP contribution >= 0.6 is 0 Å². The number of halogens is 3. The highest BCUT2D eigenvalue weighted by atomic mass is 19.1. The number of aromatic nitrogens is 2. The largest absolute Gasteiger partial charge is 0.443 e. The lowest BCUT2D eigenvalue weighted by molar-refractivity contribution is 0.599. The number of benzene rings is 2. The topological polar surface area (TPSA) is 74.0 Å². The molecule has 5 nitrogen and oxygen atoms in total. The SMILES string of the molecule is CCn1c(=O)c2ncoc2c2cc(F)c(-c3cc(F)c(N)cc3F)c(C)c21. The van der Waals surface area contributed by atoms with Gasteiger partial charge in [-0.15, -0.1) is 0 Å². The summed E-state index contributed by atoms with van der Waals surface area (Å²) >= 11 is 0. The van der Waals surface area contributed by atoms with Crippen LogP contribution in [-0.4, -0.2) is 9.55 Å². The zero-order chi connectivity index (χ0) is 19.5. The number of oxazole rings is 1. The van der Waals surface area contributed by atoms with Crippen LogP contribution in [0.25, 0.3) is 33.1 Å². The molecule has 0 saturated heterocycles. The summed E-state index contributed by atoms with van der Waals surface area (Å²) in [7, 11) is 0. The van der Waals surface area contributed by atoms with E-state index in [-0.39, 0.29) is 40.0 Å². The molecular formula is C19H14F3N3O2. The Labute approximate surface area is 150 Å². The molecule has 0 spiro atoms. The smallest absolute Gasteiger partial charge is 0.280 e. The van der Waals surface area contributed by atoms with Gasteiger partial charge in [-0.25, -0.2) is 18.2 Å². The fourth-order valence-corrected chi connectivity index (χ4v) is 3.49. The third-order valence-electron chi connectivity index (χ3n) is 4.70. The highest BCUT2D eigenvalue weighted by Gasteiger charge is 2.23. The van der Waals surface area contributed by atoms with Crippen LogP contribution in [-0.2, 0) is 6.54 Å². The molecule has 0 unspecified atom stereocenters. The molecule has 4 aromatic rings. The summed E-state index contributed by atoms with van der Waals surface area (Å²) in [4.78, 5) is 16.6. The molecular weight excluding hydrogens is 359 g/mol. The molecule has 0 radical (unpaired) electrons. The van der Waals surface area contributed by atoms with E-state index in [2.05, 4.69) is 4.98 Å². The number of hydrogen-bond donors (Lipinski definition) is 1. The van der Waals surface area contributed by atoms with E-state index in [1.807, 2.05) is 0 Å². The Morgan fingerprint density at radius 1 is 1.15 bits per heavy atom. The number of pyridine rings is 1. The molecule has 0 aliphatic carbocycles. The number of anilines is 1. The van der Waals surface area contributed by atoms with Crippen LogP contribution in [0.2, 0.25) is 0 Å². The molecule has 2 N–H and O–H groups in total. The van der Waals surface area contributed by atoms with Gasteiger partial charge in [0.1, 0.15) is 17.5 Å². The van der Waals surface area contributed by atoms with Crippen molar-refractivity contribution in [3.63, 3.8) is 0 Å². The second-order valence-corrected chi connectivity index (χ2v) is 6.19. The van der Waals surface area contributed by atoms with Crippen molar-refractivity contribution in [1.29, 1.82) is 0 Å². The monoisotopic (exact) mass is 373 g/mol. The number of fused-ring (bicyclic) bond motifs is 3. The number of hydrogen-bond acceptors (Lipinski definition) is 4. The fraction of sp³-hybridized carbons (Fsp3) is 0.158. The molecule has 2 heterocycles. The number of nitrogens with zero attached hydrogens (tertiary/aromatic N) is 2. The molecule has 0 aliphatic heterocycles. The lowest BCUT2D eigenvalue weighted by Crippen LogP contribution is -2.21. The minimum absolute atomic E-state index is 0.0839. The number of rotatable bonds is 2. The number of nitrogens with two attached hydrogens (primary N) is 1. The summed E-state index contributed by atoms with van der Waals surface area (Å²) in [6.07, 6.45) is 1.11. The van der Waals surface area contributed by atoms with Gasteiger partial charge in [0.15, 0.2) is 17.5 Å². The molecule has 8 heteroatoms. The van der Waals surface area contributed by atoms with Crippen molar-refractivity contribution in [1.82, 2.24) is 9.55 Å². The quantitative estimate of drug-likeness (QED) is 0.536. The van der Waals surface area contributed by atoms with Gasteiger partial charge in [-0.2, -0.15) is 0 Å². The van der Waals surface area contributed by atoms with Gasteiger partial charge in [0.2, 0.25) is 0 Å². The molecule has 0 saturated carbocycles. The molecule has 0 aliphatic rings. The molecule has 0 atom stereocenters. The van der Waals surface area contributed by atoms with Crippen molar-refractivity contribution in [3.05, 3.63) is 58.0 Å². The summed E-state index contributed by atoms with van der Waals surface area (Å²) in [6.45, 7) is 3.57. The highest BCUT2D eigenvalue weighted by molar-refractivity contribution is 6.04. The van der Waals surface area contributed by atoms with Crippen molar-refractivity contribution >= 4 is 27.7 Å². The average Bonchev–Trinajstić information content (AvgIpc) is 3.11. The molecule has 2 aromatic heterocycles. The molecule has 0 bridgehead atoms. The van der Waals surface area contributed by atoms with Gasteiger partial charge in [-0.1, -0.05) is 0 Å². The van der Waals surface area contributed by atoms with E-state index in [1.54, 1.807) is 13.8 Å². The summed E-state index contributed by atoms with van der Waals surface area (Å²) in [5.41, 5.74) is 5.08. The third kappa shape index (κ3) is 2.33. The Hall–Kier alpha value is -3.29. The molecule has 138 valence electrons. The summed E-state index contributed by atoms with van der Waals surface area (Å²) in [6, 6.07) is 2.80. The minimum Gasteiger partial charge on any atom is -0.443 e. The highest BCUT2D eigenvalue weighted by Crippen LogP contribution is 2.37. The second-order valence-electron chi connectivity index (χ2n) is 6.19. The van der Waals surface area contributed by atoms with Gasteiger partial charge in [-0.3, -0.25) is 4.79 Å². The molecule has 2 aromatic carbocycles. The first kappa shape index (κ1) is 17.1. The first-order valence-electron chi connectivity index (χ1n) is 8.18. The van der Waals surface area contributed by atoms with E-state index >= 15 is 0 Å². The van der Waals surface area contributed by atoms with Crippen LogP contribution < -0.4 is 11.3 Å². The fourth-order valence-electron chi connectivity index (χ4n) is 3.49. The van der Waals surface area contributed by atoms with Gasteiger partial charge in [0.25, 0.3) is 5.56 Å². The van der Waals surface area contributed by atoms with Gasteiger partial charge >= 0.3 is 0 Å². The number of nitrogen functional groups attached to an aromatic ring is 1. The normalized spacial score (nSPS) is 11.6. The number of aryl methyl sites for hydroxylation is 2. The molecule has 4 rings (SSSR count). The minimum atomic E-state index is -0.860. The van der Waals surface area contributed by atoms with E-state index in [4.69, 9.17) is 10.2 Å². The zero-order valence-electron chi connectivity index (χ0n) is 14.4. The van der Waals surface area contributed by atoms with Crippen LogP contribution in [0.1, 0.15) is 12.5 Å². The van der Waals surface area contributed by atoms with Gasteiger partial charge in [-0.05, 0) is 31.5 Å². The Morgan fingerprint density at radius 2 is 1.89 bits per heavy atom. The van der Waals surface area contributed by atoms with E-state index in [0.717, 1.165) is 24.6 Å². The summed E-state index contributed by atoms with van der Waals surface area (Å²) < 4.78 is 50.0. The van der Waals surface area contributed by atoms with E-state index < -0.39 is 23.0 Å². The van der Waals surface area contributed by atoms with E-state index in [1.165, 1.54) is 4.57 Å². The molecule has 0 fully saturated rings. The molecule has 0 amide bonds. The predicted octanol–water partition coefficient (Wildman–Crippen LogP) is 4.14. The summed E-state index contributed by atoms with van der Waals surface area (Å²) in [5.74, 6) is -2.49. The zero-order valence-corrected chi connectivity index (χ0v) is 14.4. The predicted molar refractivity (Wildman–Crippen MR) is 95.9 cm³/mol. The maximum Gasteiger partial charge on any atom is 0.280 e. The van der Waals surface area contributed by atoms with E-state index in [9.17, 15) is 18.0 Å². The van der Waals surface area contributed by atoms with Gasteiger partial charge in [0.05, 0.1) is 11.2 Å². The Kier molecular flexibility index (Phi) is 3.73. The van der Waals surface area contributed by atoms with Gasteiger partial charge in [0, 0.05) is 29.1 Å². The Morgan fingerprint density at radius 3 is 2.59 bits per heavy atom. The van der Waals surface area contributed by atoms with Crippen LogP contribution in [0.4, 0.5) is 18.9 Å². The van der Waals surface area contributed by atoms with Crippen molar-refractivity contribution in [3.8, 4) is 11.1 Å². The molecule has 27 heavy (non-hydrogen) atoms. The standard InChI is InChI=1S/C19H14F3N3O2/c1-3-25-17-8(2)15(9-4-12(21)14(23)6-11(9)20)13(22)5-10(17)18-16(19(25)26)24-7-27-18/h4-7H,3,23H2,1-2H3. The maximum absolute atomic E-state index is 15.0. The lowest BCUT2D eigenvalue weighted by Gasteiger charge is -2.16. The van der Waals surface area contributed by atoms with Crippen LogP contribution in [0.3, 0.4) is 0 Å². The van der Waals surface area contributed by atoms with Crippen LogP contribution in [0, 0.1) is 24.4 Å². The van der Waals surface area contributed by atoms with E-state index in [0.29, 0.717) is 10.9 Å². The van der Waals surface area contributed by atoms with Crippen molar-refractivity contribution < 1.29 is 17.6 Å². The Balaban J connectivity index is 2.21. The lowest BCUT2D eigenvalue weighted by atomic mass is 9.95.